The predicted molar refractivity (Wildman–Crippen MR) is 76.6 cm³/mol. The van der Waals surface area contributed by atoms with E-state index in [-0.39, 0.29) is 5.69 Å². The zero-order chi connectivity index (χ0) is 14.7. The summed E-state index contributed by atoms with van der Waals surface area (Å²) in [5.41, 5.74) is 2.56. The largest absolute Gasteiger partial charge is 0.503 e. The lowest BCUT2D eigenvalue weighted by atomic mass is 10.1. The molecule has 20 heavy (non-hydrogen) atoms. The van der Waals surface area contributed by atoms with Crippen molar-refractivity contribution in [1.29, 1.82) is 0 Å². The van der Waals surface area contributed by atoms with Crippen molar-refractivity contribution in [2.24, 2.45) is 0 Å². The number of benzene rings is 2. The molecule has 0 saturated heterocycles. The molecule has 0 unspecified atom stereocenters. The van der Waals surface area contributed by atoms with Gasteiger partial charge in [0.1, 0.15) is 0 Å². The molecule has 2 aromatic carbocycles. The highest BCUT2D eigenvalue weighted by molar-refractivity contribution is 6.01. The number of carbonyl (C=O) groups excluding carboxylic acids is 1. The number of anilines is 2. The molecule has 0 radical (unpaired) electrons. The third kappa shape index (κ3) is 2.88. The van der Waals surface area contributed by atoms with Gasteiger partial charge in [-0.2, -0.15) is 0 Å². The van der Waals surface area contributed by atoms with Gasteiger partial charge in [0.15, 0.2) is 11.6 Å². The van der Waals surface area contributed by atoms with Crippen LogP contribution in [0.1, 0.15) is 11.1 Å². The number of aromatic hydroxyl groups is 1. The Labute approximate surface area is 116 Å². The van der Waals surface area contributed by atoms with Crippen molar-refractivity contribution >= 4 is 17.4 Å². The van der Waals surface area contributed by atoms with Gasteiger partial charge in [-0.05, 0) is 37.1 Å². The molecule has 104 valence electrons. The Bertz CT molecular complexity index is 636. The van der Waals surface area contributed by atoms with E-state index in [1.807, 2.05) is 32.0 Å². The molecule has 2 aromatic rings. The molecule has 3 N–H and O–H groups in total. The van der Waals surface area contributed by atoms with E-state index < -0.39 is 17.6 Å². The topological polar surface area (TPSA) is 61.4 Å². The average Bonchev–Trinajstić information content (AvgIpc) is 2.39. The van der Waals surface area contributed by atoms with Gasteiger partial charge in [0.05, 0.1) is 5.69 Å². The number of carbonyl (C=O) groups is 1. The van der Waals surface area contributed by atoms with E-state index in [1.54, 1.807) is 0 Å². The highest BCUT2D eigenvalue weighted by Gasteiger charge is 2.11. The Hall–Kier alpha value is -2.56. The molecule has 0 aliphatic heterocycles. The molecule has 5 heteroatoms. The monoisotopic (exact) mass is 274 g/mol. The van der Waals surface area contributed by atoms with Gasteiger partial charge in [-0.25, -0.2) is 9.18 Å². The first-order valence-corrected chi connectivity index (χ1v) is 6.10. The summed E-state index contributed by atoms with van der Waals surface area (Å²) >= 11 is 0. The number of rotatable bonds is 2. The SMILES string of the molecule is Cc1cccc(C)c1NC(=O)Nc1cccc(F)c1O. The van der Waals surface area contributed by atoms with E-state index in [2.05, 4.69) is 10.6 Å². The first-order valence-electron chi connectivity index (χ1n) is 6.10. The van der Waals surface area contributed by atoms with Gasteiger partial charge >= 0.3 is 6.03 Å². The maximum absolute atomic E-state index is 13.2. The molecular formula is C15H15FN2O2. The number of amides is 2. The summed E-state index contributed by atoms with van der Waals surface area (Å²) in [6, 6.07) is 9.05. The van der Waals surface area contributed by atoms with Crippen molar-refractivity contribution in [3.05, 3.63) is 53.3 Å². The van der Waals surface area contributed by atoms with Crippen LogP contribution in [-0.4, -0.2) is 11.1 Å². The normalized spacial score (nSPS) is 10.2. The van der Waals surface area contributed by atoms with Crippen LogP contribution in [0.4, 0.5) is 20.6 Å². The highest BCUT2D eigenvalue weighted by atomic mass is 19.1. The molecule has 0 spiro atoms. The second-order valence-electron chi connectivity index (χ2n) is 4.48. The lowest BCUT2D eigenvalue weighted by Gasteiger charge is -2.13. The molecule has 4 nitrogen and oxygen atoms in total. The van der Waals surface area contributed by atoms with Crippen molar-refractivity contribution in [1.82, 2.24) is 0 Å². The highest BCUT2D eigenvalue weighted by Crippen LogP contribution is 2.26. The lowest BCUT2D eigenvalue weighted by Crippen LogP contribution is -2.20. The van der Waals surface area contributed by atoms with Crippen molar-refractivity contribution in [2.45, 2.75) is 13.8 Å². The van der Waals surface area contributed by atoms with E-state index in [4.69, 9.17) is 0 Å². The minimum Gasteiger partial charge on any atom is -0.503 e. The minimum absolute atomic E-state index is 0.0220. The van der Waals surface area contributed by atoms with E-state index in [0.29, 0.717) is 5.69 Å². The summed E-state index contributed by atoms with van der Waals surface area (Å²) in [6.07, 6.45) is 0. The number of urea groups is 1. The summed E-state index contributed by atoms with van der Waals surface area (Å²) in [5.74, 6) is -1.36. The molecule has 2 rings (SSSR count). The van der Waals surface area contributed by atoms with Crippen LogP contribution in [0, 0.1) is 19.7 Å². The fourth-order valence-corrected chi connectivity index (χ4v) is 1.89. The number of halogens is 1. The van der Waals surface area contributed by atoms with E-state index >= 15 is 0 Å². The van der Waals surface area contributed by atoms with E-state index in [9.17, 15) is 14.3 Å². The number of hydrogen-bond acceptors (Lipinski definition) is 2. The van der Waals surface area contributed by atoms with E-state index in [1.165, 1.54) is 12.1 Å². The summed E-state index contributed by atoms with van der Waals surface area (Å²) < 4.78 is 13.2. The van der Waals surface area contributed by atoms with Crippen LogP contribution >= 0.6 is 0 Å². The van der Waals surface area contributed by atoms with Crippen molar-refractivity contribution < 1.29 is 14.3 Å². The van der Waals surface area contributed by atoms with Gasteiger partial charge in [0, 0.05) is 5.69 Å². The maximum Gasteiger partial charge on any atom is 0.323 e. The van der Waals surface area contributed by atoms with Crippen LogP contribution < -0.4 is 10.6 Å². The number of nitrogens with one attached hydrogen (secondary N) is 2. The molecule has 2 amide bonds. The standard InChI is InChI=1S/C15H15FN2O2/c1-9-5-3-6-10(2)13(9)18-15(20)17-12-8-4-7-11(16)14(12)19/h3-8,19H,1-2H3,(H2,17,18,20). The number of phenolic OH excluding ortho intramolecular Hbond substituents is 1. The van der Waals surface area contributed by atoms with Crippen molar-refractivity contribution in [3.8, 4) is 5.75 Å². The Kier molecular flexibility index (Phi) is 3.89. The Morgan fingerprint density at radius 1 is 1.05 bits per heavy atom. The summed E-state index contributed by atoms with van der Waals surface area (Å²) in [7, 11) is 0. The zero-order valence-corrected chi connectivity index (χ0v) is 11.2. The fraction of sp³-hybridized carbons (Fsp3) is 0.133. The van der Waals surface area contributed by atoms with Gasteiger partial charge in [0.2, 0.25) is 0 Å². The third-order valence-electron chi connectivity index (χ3n) is 2.95. The Balaban J connectivity index is 2.16. The smallest absolute Gasteiger partial charge is 0.323 e. The molecule has 0 aliphatic carbocycles. The van der Waals surface area contributed by atoms with Crippen molar-refractivity contribution in [3.63, 3.8) is 0 Å². The second kappa shape index (κ2) is 5.61. The maximum atomic E-state index is 13.2. The predicted octanol–water partition coefficient (Wildman–Crippen LogP) is 3.79. The van der Waals surface area contributed by atoms with Crippen LogP contribution in [0.15, 0.2) is 36.4 Å². The third-order valence-corrected chi connectivity index (χ3v) is 2.95. The summed E-state index contributed by atoms with van der Waals surface area (Å²) in [6.45, 7) is 3.75. The molecular weight excluding hydrogens is 259 g/mol. The van der Waals surface area contributed by atoms with Gasteiger partial charge in [0.25, 0.3) is 0 Å². The Morgan fingerprint density at radius 2 is 1.65 bits per heavy atom. The molecule has 0 saturated carbocycles. The molecule has 0 heterocycles. The number of para-hydroxylation sites is 2. The van der Waals surface area contributed by atoms with Crippen LogP contribution in [0.5, 0.6) is 5.75 Å². The molecule has 0 bridgehead atoms. The molecule has 0 atom stereocenters. The minimum atomic E-state index is -0.783. The van der Waals surface area contributed by atoms with Gasteiger partial charge < -0.3 is 15.7 Å². The number of phenols is 1. The first kappa shape index (κ1) is 13.9. The number of hydrogen-bond donors (Lipinski definition) is 3. The molecule has 0 aliphatic rings. The zero-order valence-electron chi connectivity index (χ0n) is 11.2. The van der Waals surface area contributed by atoms with E-state index in [0.717, 1.165) is 17.2 Å². The second-order valence-corrected chi connectivity index (χ2v) is 4.48. The summed E-state index contributed by atoms with van der Waals surface area (Å²) in [5, 5.41) is 14.6. The number of aryl methyl sites for hydroxylation is 2. The molecule has 0 aromatic heterocycles. The van der Waals surface area contributed by atoms with Gasteiger partial charge in [-0.3, -0.25) is 0 Å². The summed E-state index contributed by atoms with van der Waals surface area (Å²) in [4.78, 5) is 11.9. The van der Waals surface area contributed by atoms with Crippen LogP contribution in [0.2, 0.25) is 0 Å². The average molecular weight is 274 g/mol. The molecule has 0 fully saturated rings. The van der Waals surface area contributed by atoms with Crippen molar-refractivity contribution in [2.75, 3.05) is 10.6 Å². The lowest BCUT2D eigenvalue weighted by molar-refractivity contribution is 0.262. The van der Waals surface area contributed by atoms with Crippen LogP contribution in [-0.2, 0) is 0 Å². The van der Waals surface area contributed by atoms with Gasteiger partial charge in [-0.1, -0.05) is 24.3 Å². The fourth-order valence-electron chi connectivity index (χ4n) is 1.89. The Morgan fingerprint density at radius 3 is 2.30 bits per heavy atom. The first-order chi connectivity index (χ1) is 9.49. The van der Waals surface area contributed by atoms with Crippen LogP contribution in [0.3, 0.4) is 0 Å². The van der Waals surface area contributed by atoms with Crippen LogP contribution in [0.25, 0.3) is 0 Å². The van der Waals surface area contributed by atoms with Gasteiger partial charge in [-0.15, -0.1) is 0 Å². The quantitative estimate of drug-likeness (QED) is 0.729.